The van der Waals surface area contributed by atoms with E-state index in [0.717, 1.165) is 49.9 Å². The van der Waals surface area contributed by atoms with Crippen molar-refractivity contribution in [2.45, 2.75) is 111 Å². The summed E-state index contributed by atoms with van der Waals surface area (Å²) < 4.78 is 57.6. The summed E-state index contributed by atoms with van der Waals surface area (Å²) >= 11 is 0. The Balaban J connectivity index is 1.53. The number of esters is 7. The second kappa shape index (κ2) is 19.7. The summed E-state index contributed by atoms with van der Waals surface area (Å²) in [6, 6.07) is 13.3. The first-order valence-electron chi connectivity index (χ1n) is 20.2. The molecule has 0 N–H and O–H groups in total. The Morgan fingerprint density at radius 2 is 1.27 bits per heavy atom. The fourth-order valence-electron chi connectivity index (χ4n) is 8.32. The summed E-state index contributed by atoms with van der Waals surface area (Å²) in [6.07, 6.45) is -6.28. The van der Waals surface area contributed by atoms with Gasteiger partial charge in [0.05, 0.1) is 7.11 Å². The first-order chi connectivity index (χ1) is 29.9. The number of methoxy groups -OCH3 is 1. The largest absolute Gasteiger partial charge is 0.493 e. The lowest BCUT2D eigenvalue weighted by Gasteiger charge is -2.48. The highest BCUT2D eigenvalue weighted by Gasteiger charge is 2.54. The van der Waals surface area contributed by atoms with Gasteiger partial charge < -0.3 is 47.4 Å². The van der Waals surface area contributed by atoms with Gasteiger partial charge in [-0.25, -0.2) is 0 Å². The highest BCUT2D eigenvalue weighted by molar-refractivity contribution is 5.73. The fourth-order valence-corrected chi connectivity index (χ4v) is 8.32. The van der Waals surface area contributed by atoms with Gasteiger partial charge in [-0.2, -0.15) is 0 Å². The maximum atomic E-state index is 12.7. The zero-order chi connectivity index (χ0) is 45.7. The van der Waals surface area contributed by atoms with Crippen LogP contribution < -0.4 is 23.7 Å². The molecule has 3 aromatic carbocycles. The third-order valence-electron chi connectivity index (χ3n) is 10.5. The lowest BCUT2D eigenvalue weighted by molar-refractivity contribution is -0.288. The normalized spacial score (nSPS) is 22.4. The van der Waals surface area contributed by atoms with Gasteiger partial charge in [-0.15, -0.1) is 0 Å². The van der Waals surface area contributed by atoms with E-state index in [-0.39, 0.29) is 17.5 Å². The van der Waals surface area contributed by atoms with Crippen molar-refractivity contribution in [3.63, 3.8) is 0 Å². The highest BCUT2D eigenvalue weighted by atomic mass is 16.7. The van der Waals surface area contributed by atoms with Crippen LogP contribution in [0.2, 0.25) is 0 Å². The first kappa shape index (κ1) is 46.0. The Morgan fingerprint density at radius 1 is 0.651 bits per heavy atom. The van der Waals surface area contributed by atoms with E-state index in [1.54, 1.807) is 18.2 Å². The van der Waals surface area contributed by atoms with Crippen molar-refractivity contribution >= 4 is 41.8 Å². The second-order valence-corrected chi connectivity index (χ2v) is 15.2. The van der Waals surface area contributed by atoms with E-state index in [0.29, 0.717) is 48.6 Å². The summed E-state index contributed by atoms with van der Waals surface area (Å²) in [5.41, 5.74) is 4.05. The number of carbonyl (C=O) groups excluding carboxylic acids is 7. The minimum atomic E-state index is -1.65. The second-order valence-electron chi connectivity index (χ2n) is 15.2. The Bertz CT molecular complexity index is 2270. The lowest BCUT2D eigenvalue weighted by Crippen LogP contribution is -2.63. The average molecular weight is 876 g/mol. The molecule has 0 saturated carbocycles. The number of fused-ring (bicyclic) bond motifs is 4. The predicted molar refractivity (Wildman–Crippen MR) is 216 cm³/mol. The summed E-state index contributed by atoms with van der Waals surface area (Å²) in [5.74, 6) is -3.80. The van der Waals surface area contributed by atoms with Gasteiger partial charge >= 0.3 is 41.8 Å². The quantitative estimate of drug-likeness (QED) is 0.132. The molecule has 3 aromatic rings. The molecular formula is C45H49NO17. The van der Waals surface area contributed by atoms with Crippen molar-refractivity contribution in [2.24, 2.45) is 0 Å². The monoisotopic (exact) mass is 875 g/mol. The van der Waals surface area contributed by atoms with Crippen molar-refractivity contribution in [1.29, 1.82) is 0 Å². The van der Waals surface area contributed by atoms with Gasteiger partial charge in [-0.1, -0.05) is 18.2 Å². The fraction of sp³-hybridized carbons (Fsp3) is 0.444. The summed E-state index contributed by atoms with van der Waals surface area (Å²) in [4.78, 5) is 88.5. The number of ether oxygens (including phenoxy) is 10. The molecule has 0 spiro atoms. The van der Waals surface area contributed by atoms with Gasteiger partial charge in [0.1, 0.15) is 18.5 Å². The topological polar surface area (TPSA) is 215 Å². The number of carbonyl (C=O) groups is 7. The van der Waals surface area contributed by atoms with Gasteiger partial charge in [-0.05, 0) is 71.8 Å². The average Bonchev–Trinajstić information content (AvgIpc) is 3.19. The van der Waals surface area contributed by atoms with E-state index in [9.17, 15) is 33.6 Å². The number of hydrogen-bond acceptors (Lipinski definition) is 18. The molecule has 63 heavy (non-hydrogen) atoms. The zero-order valence-corrected chi connectivity index (χ0v) is 36.1. The number of benzene rings is 3. The Labute approximate surface area is 362 Å². The van der Waals surface area contributed by atoms with Crippen molar-refractivity contribution in [3.05, 3.63) is 76.3 Å². The molecule has 3 heterocycles. The Hall–Kier alpha value is -6.53. The van der Waals surface area contributed by atoms with Crippen LogP contribution in [0.3, 0.4) is 0 Å². The summed E-state index contributed by atoms with van der Waals surface area (Å²) in [5, 5.41) is 0. The maximum absolute atomic E-state index is 12.7. The van der Waals surface area contributed by atoms with E-state index < -0.39 is 85.1 Å². The molecule has 3 aliphatic heterocycles. The van der Waals surface area contributed by atoms with Gasteiger partial charge in [0, 0.05) is 72.7 Å². The van der Waals surface area contributed by atoms with E-state index in [1.807, 2.05) is 30.3 Å². The zero-order valence-electron chi connectivity index (χ0n) is 36.1. The molecule has 0 aliphatic carbocycles. The molecule has 0 aromatic heterocycles. The van der Waals surface area contributed by atoms with Crippen LogP contribution in [0.4, 0.5) is 0 Å². The molecule has 3 aliphatic rings. The van der Waals surface area contributed by atoms with Crippen LogP contribution in [-0.4, -0.2) is 97.7 Å². The van der Waals surface area contributed by atoms with Crippen molar-refractivity contribution < 1.29 is 80.9 Å². The van der Waals surface area contributed by atoms with Gasteiger partial charge in [0.25, 0.3) is 0 Å². The van der Waals surface area contributed by atoms with Crippen LogP contribution in [0.15, 0.2) is 48.5 Å². The van der Waals surface area contributed by atoms with E-state index >= 15 is 0 Å². The molecule has 6 rings (SSSR count). The van der Waals surface area contributed by atoms with Crippen LogP contribution in [-0.2, 0) is 76.5 Å². The van der Waals surface area contributed by atoms with E-state index in [2.05, 4.69) is 4.90 Å². The van der Waals surface area contributed by atoms with Gasteiger partial charge in [0.15, 0.2) is 35.2 Å². The molecule has 7 unspecified atom stereocenters. The van der Waals surface area contributed by atoms with Crippen LogP contribution in [0.25, 0.3) is 0 Å². The minimum Gasteiger partial charge on any atom is -0.493 e. The highest BCUT2D eigenvalue weighted by Crippen LogP contribution is 2.52. The third-order valence-corrected chi connectivity index (χ3v) is 10.5. The Kier molecular flexibility index (Phi) is 14.4. The van der Waals surface area contributed by atoms with Crippen LogP contribution >= 0.6 is 0 Å². The number of nitrogens with zero attached hydrogens (tertiary/aromatic N) is 1. The molecule has 336 valence electrons. The van der Waals surface area contributed by atoms with Crippen molar-refractivity contribution in [2.75, 3.05) is 20.3 Å². The maximum Gasteiger partial charge on any atom is 0.308 e. The molecule has 0 bridgehead atoms. The van der Waals surface area contributed by atoms with E-state index in [1.165, 1.54) is 27.9 Å². The SMILES string of the molecule is COc1cc2c(cc1OC(C)=O)CCN1C2Cc2ccc(OC(C)=O)c(OC3OC(COC(C)=O)C(OC(C)=O)C(OC(C)=O)C3OC(C)=O)c2C1Cc1ccc(OC(C)=O)cc1. The van der Waals surface area contributed by atoms with Crippen LogP contribution in [0.1, 0.15) is 88.4 Å². The molecule has 0 amide bonds. The standard InChI is InChI=1S/C45H49NO17/c1-22(47)55-21-39-42(59-26(5)51)43(60-27(6)52)44(61-28(7)53)45(62-39)63-41-36(57-24(3)49)14-11-31-18-34-33-20-37(54-8)38(58-25(4)50)19-30(33)15-16-46(34)35(40(31)41)17-29-9-12-32(13-10-29)56-23(2)48/h9-14,19-20,34-35,39,42-45H,15-18,21H2,1-8H3. The Morgan fingerprint density at radius 3 is 1.87 bits per heavy atom. The van der Waals surface area contributed by atoms with Crippen molar-refractivity contribution in [3.8, 4) is 28.7 Å². The van der Waals surface area contributed by atoms with Crippen molar-refractivity contribution in [1.82, 2.24) is 4.90 Å². The van der Waals surface area contributed by atoms with E-state index in [4.69, 9.17) is 47.4 Å². The minimum absolute atomic E-state index is 0.0205. The smallest absolute Gasteiger partial charge is 0.308 e. The molecule has 0 radical (unpaired) electrons. The van der Waals surface area contributed by atoms with Gasteiger partial charge in [-0.3, -0.25) is 38.5 Å². The third kappa shape index (κ3) is 10.9. The number of rotatable bonds is 13. The van der Waals surface area contributed by atoms with Crippen LogP contribution in [0.5, 0.6) is 28.7 Å². The molecule has 18 nitrogen and oxygen atoms in total. The molecular weight excluding hydrogens is 826 g/mol. The lowest BCUT2D eigenvalue weighted by atomic mass is 9.78. The van der Waals surface area contributed by atoms with Crippen LogP contribution in [0, 0.1) is 0 Å². The predicted octanol–water partition coefficient (Wildman–Crippen LogP) is 4.37. The molecule has 1 fully saturated rings. The number of hydrogen-bond donors (Lipinski definition) is 0. The molecule has 7 atom stereocenters. The molecule has 18 heteroatoms. The van der Waals surface area contributed by atoms with Gasteiger partial charge in [0.2, 0.25) is 12.4 Å². The molecule has 1 saturated heterocycles. The first-order valence-corrected chi connectivity index (χ1v) is 20.2. The summed E-state index contributed by atoms with van der Waals surface area (Å²) in [6.45, 7) is 8.34. The summed E-state index contributed by atoms with van der Waals surface area (Å²) in [7, 11) is 1.49.